The van der Waals surface area contributed by atoms with E-state index in [1.165, 1.54) is 5.56 Å². The highest BCUT2D eigenvalue weighted by molar-refractivity contribution is 6.30. The molecule has 6 heteroatoms. The first kappa shape index (κ1) is 22.2. The standard InChI is InChI=1S/C24H29ClN2O3/c1-24(2,3)18-6-4-17(5-7-18)23(29)27-14-12-20(13-15-27)26-22(28)16-30-21-10-8-19(25)9-11-21/h4-11,20H,12-16H2,1-3H3,(H,26,28). The van der Waals surface area contributed by atoms with Crippen molar-refractivity contribution < 1.29 is 14.3 Å². The van der Waals surface area contributed by atoms with Gasteiger partial charge < -0.3 is 15.0 Å². The zero-order valence-electron chi connectivity index (χ0n) is 17.8. The van der Waals surface area contributed by atoms with Crippen molar-refractivity contribution in [2.75, 3.05) is 19.7 Å². The summed E-state index contributed by atoms with van der Waals surface area (Å²) in [7, 11) is 0. The second-order valence-corrected chi connectivity index (χ2v) is 9.14. The van der Waals surface area contributed by atoms with Crippen LogP contribution in [0.3, 0.4) is 0 Å². The van der Waals surface area contributed by atoms with Crippen molar-refractivity contribution in [2.45, 2.75) is 45.1 Å². The molecule has 0 saturated carbocycles. The number of hydrogen-bond acceptors (Lipinski definition) is 3. The summed E-state index contributed by atoms with van der Waals surface area (Å²) in [6.45, 7) is 7.68. The Kier molecular flexibility index (Phi) is 7.03. The molecule has 1 aliphatic rings. The van der Waals surface area contributed by atoms with Gasteiger partial charge in [0, 0.05) is 29.7 Å². The summed E-state index contributed by atoms with van der Waals surface area (Å²) in [5.74, 6) is 0.492. The maximum absolute atomic E-state index is 12.8. The number of nitrogens with zero attached hydrogens (tertiary/aromatic N) is 1. The number of piperidine rings is 1. The normalized spacial score (nSPS) is 15.0. The molecule has 3 rings (SSSR count). The molecule has 0 aliphatic carbocycles. The largest absolute Gasteiger partial charge is 0.484 e. The van der Waals surface area contributed by atoms with E-state index in [0.29, 0.717) is 29.4 Å². The van der Waals surface area contributed by atoms with Crippen molar-refractivity contribution in [3.8, 4) is 5.75 Å². The van der Waals surface area contributed by atoms with Crippen LogP contribution >= 0.6 is 11.6 Å². The van der Waals surface area contributed by atoms with Crippen molar-refractivity contribution in [3.05, 3.63) is 64.7 Å². The van der Waals surface area contributed by atoms with Crippen molar-refractivity contribution >= 4 is 23.4 Å². The van der Waals surface area contributed by atoms with E-state index in [4.69, 9.17) is 16.3 Å². The molecule has 0 atom stereocenters. The molecule has 2 aromatic carbocycles. The highest BCUT2D eigenvalue weighted by Gasteiger charge is 2.25. The molecule has 0 spiro atoms. The van der Waals surface area contributed by atoms with E-state index in [9.17, 15) is 9.59 Å². The topological polar surface area (TPSA) is 58.6 Å². The van der Waals surface area contributed by atoms with E-state index >= 15 is 0 Å². The number of benzene rings is 2. The summed E-state index contributed by atoms with van der Waals surface area (Å²) >= 11 is 5.84. The number of ether oxygens (including phenoxy) is 1. The number of hydrogen-bond donors (Lipinski definition) is 1. The lowest BCUT2D eigenvalue weighted by molar-refractivity contribution is -0.124. The highest BCUT2D eigenvalue weighted by Crippen LogP contribution is 2.23. The Labute approximate surface area is 183 Å². The molecule has 0 bridgehead atoms. The third kappa shape index (κ3) is 5.99. The molecule has 2 aromatic rings. The minimum absolute atomic E-state index is 0.0408. The molecule has 1 heterocycles. The van der Waals surface area contributed by atoms with Gasteiger partial charge in [-0.2, -0.15) is 0 Å². The SMILES string of the molecule is CC(C)(C)c1ccc(C(=O)N2CCC(NC(=O)COc3ccc(Cl)cc3)CC2)cc1. The number of carbonyl (C=O) groups excluding carboxylic acids is 2. The Morgan fingerprint density at radius 1 is 1.03 bits per heavy atom. The van der Waals surface area contributed by atoms with Gasteiger partial charge in [-0.05, 0) is 60.2 Å². The van der Waals surface area contributed by atoms with Crippen molar-refractivity contribution in [1.29, 1.82) is 0 Å². The third-order valence-corrected chi connectivity index (χ3v) is 5.58. The predicted molar refractivity (Wildman–Crippen MR) is 119 cm³/mol. The van der Waals surface area contributed by atoms with Gasteiger partial charge in [-0.3, -0.25) is 9.59 Å². The average molecular weight is 429 g/mol. The fourth-order valence-corrected chi connectivity index (χ4v) is 3.60. The average Bonchev–Trinajstić information content (AvgIpc) is 2.73. The number of halogens is 1. The maximum atomic E-state index is 12.8. The first-order valence-electron chi connectivity index (χ1n) is 10.3. The second-order valence-electron chi connectivity index (χ2n) is 8.70. The monoisotopic (exact) mass is 428 g/mol. The van der Waals surface area contributed by atoms with Crippen LogP contribution in [0.4, 0.5) is 0 Å². The Bertz CT molecular complexity index is 865. The molecule has 5 nitrogen and oxygen atoms in total. The quantitative estimate of drug-likeness (QED) is 0.766. The molecule has 2 amide bonds. The molecule has 1 aliphatic heterocycles. The highest BCUT2D eigenvalue weighted by atomic mass is 35.5. The number of nitrogens with one attached hydrogen (secondary N) is 1. The van der Waals surface area contributed by atoms with Crippen LogP contribution in [0.5, 0.6) is 5.75 Å². The number of rotatable bonds is 5. The van der Waals surface area contributed by atoms with Crippen molar-refractivity contribution in [2.24, 2.45) is 0 Å². The van der Waals surface area contributed by atoms with Gasteiger partial charge in [-0.25, -0.2) is 0 Å². The van der Waals surface area contributed by atoms with Gasteiger partial charge in [-0.15, -0.1) is 0 Å². The smallest absolute Gasteiger partial charge is 0.258 e. The lowest BCUT2D eigenvalue weighted by Gasteiger charge is -2.32. The lowest BCUT2D eigenvalue weighted by Crippen LogP contribution is -2.47. The first-order valence-corrected chi connectivity index (χ1v) is 10.7. The van der Waals surface area contributed by atoms with E-state index in [-0.39, 0.29) is 29.9 Å². The van der Waals surface area contributed by atoms with Gasteiger partial charge in [-0.1, -0.05) is 44.5 Å². The molecule has 0 aromatic heterocycles. The maximum Gasteiger partial charge on any atom is 0.258 e. The minimum atomic E-state index is -0.160. The third-order valence-electron chi connectivity index (χ3n) is 5.33. The minimum Gasteiger partial charge on any atom is -0.484 e. The Morgan fingerprint density at radius 3 is 2.20 bits per heavy atom. The van der Waals surface area contributed by atoms with E-state index in [2.05, 4.69) is 26.1 Å². The summed E-state index contributed by atoms with van der Waals surface area (Å²) in [4.78, 5) is 26.8. The van der Waals surface area contributed by atoms with Crippen molar-refractivity contribution in [1.82, 2.24) is 10.2 Å². The lowest BCUT2D eigenvalue weighted by atomic mass is 9.86. The van der Waals surface area contributed by atoms with Crippen LogP contribution in [0.1, 0.15) is 49.5 Å². The van der Waals surface area contributed by atoms with E-state index in [1.807, 2.05) is 29.2 Å². The fraction of sp³-hybridized carbons (Fsp3) is 0.417. The molecular weight excluding hydrogens is 400 g/mol. The summed E-state index contributed by atoms with van der Waals surface area (Å²) in [6.07, 6.45) is 1.47. The van der Waals surface area contributed by atoms with Gasteiger partial charge in [0.2, 0.25) is 0 Å². The van der Waals surface area contributed by atoms with E-state index in [0.717, 1.165) is 12.8 Å². The molecule has 0 radical (unpaired) electrons. The molecule has 160 valence electrons. The number of carbonyl (C=O) groups is 2. The van der Waals surface area contributed by atoms with Gasteiger partial charge in [0.05, 0.1) is 0 Å². The Hall–Kier alpha value is -2.53. The zero-order valence-corrected chi connectivity index (χ0v) is 18.5. The molecule has 1 fully saturated rings. The number of likely N-dealkylation sites (tertiary alicyclic amines) is 1. The van der Waals surface area contributed by atoms with E-state index < -0.39 is 0 Å². The van der Waals surface area contributed by atoms with E-state index in [1.54, 1.807) is 24.3 Å². The van der Waals surface area contributed by atoms with Gasteiger partial charge in [0.1, 0.15) is 5.75 Å². The van der Waals surface area contributed by atoms with Gasteiger partial charge in [0.25, 0.3) is 11.8 Å². The van der Waals surface area contributed by atoms with Gasteiger partial charge >= 0.3 is 0 Å². The fourth-order valence-electron chi connectivity index (χ4n) is 3.47. The second kappa shape index (κ2) is 9.52. The van der Waals surface area contributed by atoms with Crippen LogP contribution in [-0.4, -0.2) is 42.5 Å². The van der Waals surface area contributed by atoms with Crippen molar-refractivity contribution in [3.63, 3.8) is 0 Å². The van der Waals surface area contributed by atoms with Crippen LogP contribution in [-0.2, 0) is 10.2 Å². The molecule has 1 N–H and O–H groups in total. The summed E-state index contributed by atoms with van der Waals surface area (Å²) in [5, 5.41) is 3.62. The Balaban J connectivity index is 1.44. The van der Waals surface area contributed by atoms with Crippen LogP contribution in [0.15, 0.2) is 48.5 Å². The predicted octanol–water partition coefficient (Wildman–Crippen LogP) is 4.44. The molecular formula is C24H29ClN2O3. The Morgan fingerprint density at radius 2 is 1.63 bits per heavy atom. The van der Waals surface area contributed by atoms with Crippen LogP contribution in [0.25, 0.3) is 0 Å². The number of amides is 2. The summed E-state index contributed by atoms with van der Waals surface area (Å²) in [6, 6.07) is 14.8. The van der Waals surface area contributed by atoms with Gasteiger partial charge in [0.15, 0.2) is 6.61 Å². The summed E-state index contributed by atoms with van der Waals surface area (Å²) < 4.78 is 5.48. The molecule has 0 unspecified atom stereocenters. The molecule has 1 saturated heterocycles. The molecule has 30 heavy (non-hydrogen) atoms. The van der Waals surface area contributed by atoms with Crippen LogP contribution in [0.2, 0.25) is 5.02 Å². The summed E-state index contributed by atoms with van der Waals surface area (Å²) in [5.41, 5.74) is 1.98. The van der Waals surface area contributed by atoms with Crippen LogP contribution < -0.4 is 10.1 Å². The van der Waals surface area contributed by atoms with Crippen LogP contribution in [0, 0.1) is 0 Å². The zero-order chi connectivity index (χ0) is 21.7. The first-order chi connectivity index (χ1) is 14.2.